The van der Waals surface area contributed by atoms with Gasteiger partial charge in [0.1, 0.15) is 11.6 Å². The van der Waals surface area contributed by atoms with E-state index >= 15 is 0 Å². The molecule has 0 bridgehead atoms. The second kappa shape index (κ2) is 5.72. The number of halogens is 1. The van der Waals surface area contributed by atoms with Gasteiger partial charge in [-0.25, -0.2) is 4.39 Å². The second-order valence-corrected chi connectivity index (χ2v) is 5.30. The topological polar surface area (TPSA) is 58.6 Å². The predicted molar refractivity (Wildman–Crippen MR) is 84.3 cm³/mol. The Kier molecular flexibility index (Phi) is 3.73. The number of anilines is 2. The molecular weight excluding hydrogens is 299 g/mol. The summed E-state index contributed by atoms with van der Waals surface area (Å²) in [5, 5.41) is 2.72. The molecule has 0 spiro atoms. The maximum Gasteiger partial charge on any atom is 0.267 e. The predicted octanol–water partition coefficient (Wildman–Crippen LogP) is 2.82. The van der Waals surface area contributed by atoms with Crippen molar-refractivity contribution in [2.75, 3.05) is 17.3 Å². The molecule has 2 amide bonds. The van der Waals surface area contributed by atoms with E-state index in [0.29, 0.717) is 22.7 Å². The van der Waals surface area contributed by atoms with Crippen LogP contribution in [0, 0.1) is 5.82 Å². The number of likely N-dealkylation sites (N-methyl/N-ethyl adjacent to an activating group) is 1. The number of nitrogens with zero attached hydrogens (tertiary/aromatic N) is 1. The Morgan fingerprint density at radius 1 is 1.22 bits per heavy atom. The van der Waals surface area contributed by atoms with Gasteiger partial charge in [0.15, 0.2) is 6.10 Å². The van der Waals surface area contributed by atoms with Crippen LogP contribution in [0.1, 0.15) is 17.3 Å². The molecule has 2 aromatic carbocycles. The zero-order valence-corrected chi connectivity index (χ0v) is 12.7. The summed E-state index contributed by atoms with van der Waals surface area (Å²) in [7, 11) is 1.68. The molecule has 5 nitrogen and oxygen atoms in total. The van der Waals surface area contributed by atoms with Gasteiger partial charge in [0.2, 0.25) is 0 Å². The van der Waals surface area contributed by atoms with E-state index in [2.05, 4.69) is 5.32 Å². The van der Waals surface area contributed by atoms with Crippen LogP contribution in [0.4, 0.5) is 15.8 Å². The van der Waals surface area contributed by atoms with Crippen molar-refractivity contribution in [1.82, 2.24) is 0 Å². The average molecular weight is 314 g/mol. The first-order valence-corrected chi connectivity index (χ1v) is 7.11. The number of nitrogens with one attached hydrogen (secondary N) is 1. The number of carbonyl (C=O) groups excluding carboxylic acids is 2. The van der Waals surface area contributed by atoms with Crippen LogP contribution in [-0.2, 0) is 4.79 Å². The summed E-state index contributed by atoms with van der Waals surface area (Å²) in [5.41, 5.74) is 1.53. The van der Waals surface area contributed by atoms with Gasteiger partial charge in [-0.2, -0.15) is 0 Å². The summed E-state index contributed by atoms with van der Waals surface area (Å²) >= 11 is 0. The quantitative estimate of drug-likeness (QED) is 0.927. The first kappa shape index (κ1) is 15.0. The van der Waals surface area contributed by atoms with Crippen LogP contribution in [0.5, 0.6) is 5.75 Å². The van der Waals surface area contributed by atoms with Crippen molar-refractivity contribution < 1.29 is 18.7 Å². The fourth-order valence-corrected chi connectivity index (χ4v) is 2.40. The van der Waals surface area contributed by atoms with Gasteiger partial charge in [0.25, 0.3) is 11.8 Å². The monoisotopic (exact) mass is 314 g/mol. The van der Waals surface area contributed by atoms with Crippen molar-refractivity contribution in [1.29, 1.82) is 0 Å². The first-order chi connectivity index (χ1) is 11.0. The van der Waals surface area contributed by atoms with E-state index in [1.807, 2.05) is 0 Å². The second-order valence-electron chi connectivity index (χ2n) is 5.30. The van der Waals surface area contributed by atoms with Crippen molar-refractivity contribution in [3.8, 4) is 5.75 Å². The highest BCUT2D eigenvalue weighted by atomic mass is 19.1. The molecule has 1 heterocycles. The Bertz CT molecular complexity index is 774. The molecule has 1 aliphatic heterocycles. The van der Waals surface area contributed by atoms with Crippen LogP contribution in [0.25, 0.3) is 0 Å². The number of hydrogen-bond donors (Lipinski definition) is 1. The lowest BCUT2D eigenvalue weighted by molar-refractivity contribution is -0.125. The molecule has 0 fully saturated rings. The van der Waals surface area contributed by atoms with E-state index in [1.54, 1.807) is 32.2 Å². The standard InChI is InChI=1S/C17H15FN2O3/c1-10-17(22)20(2)14-8-7-13(9-15(14)23-10)19-16(21)11-3-5-12(18)6-4-11/h3-10H,1-2H3,(H,19,21). The summed E-state index contributed by atoms with van der Waals surface area (Å²) in [6, 6.07) is 10.3. The smallest absolute Gasteiger partial charge is 0.267 e. The molecule has 0 saturated carbocycles. The zero-order valence-electron chi connectivity index (χ0n) is 12.7. The summed E-state index contributed by atoms with van der Waals surface area (Å²) in [6.45, 7) is 1.67. The SMILES string of the molecule is CC1Oc2cc(NC(=O)c3ccc(F)cc3)ccc2N(C)C1=O. The Morgan fingerprint density at radius 2 is 1.91 bits per heavy atom. The molecule has 0 saturated heterocycles. The van der Waals surface area contributed by atoms with Crippen LogP contribution in [-0.4, -0.2) is 25.0 Å². The van der Waals surface area contributed by atoms with Gasteiger partial charge in [-0.05, 0) is 43.3 Å². The third kappa shape index (κ3) is 2.88. The normalized spacial score (nSPS) is 16.6. The van der Waals surface area contributed by atoms with Crippen LogP contribution >= 0.6 is 0 Å². The molecule has 0 aromatic heterocycles. The minimum atomic E-state index is -0.574. The highest BCUT2D eigenvalue weighted by Gasteiger charge is 2.28. The van der Waals surface area contributed by atoms with Gasteiger partial charge < -0.3 is 15.0 Å². The van der Waals surface area contributed by atoms with Crippen LogP contribution in [0.2, 0.25) is 0 Å². The van der Waals surface area contributed by atoms with Crippen molar-refractivity contribution in [2.45, 2.75) is 13.0 Å². The summed E-state index contributed by atoms with van der Waals surface area (Å²) < 4.78 is 18.5. The maximum atomic E-state index is 12.9. The summed E-state index contributed by atoms with van der Waals surface area (Å²) in [4.78, 5) is 25.5. The largest absolute Gasteiger partial charge is 0.479 e. The van der Waals surface area contributed by atoms with Gasteiger partial charge in [0, 0.05) is 24.4 Å². The number of rotatable bonds is 2. The Labute approximate surface area is 132 Å². The van der Waals surface area contributed by atoms with Crippen LogP contribution < -0.4 is 15.0 Å². The minimum absolute atomic E-state index is 0.124. The van der Waals surface area contributed by atoms with E-state index < -0.39 is 11.9 Å². The van der Waals surface area contributed by atoms with Crippen molar-refractivity contribution >= 4 is 23.2 Å². The lowest BCUT2D eigenvalue weighted by Gasteiger charge is -2.30. The Balaban J connectivity index is 1.82. The molecule has 1 N–H and O–H groups in total. The van der Waals surface area contributed by atoms with E-state index in [-0.39, 0.29) is 11.8 Å². The van der Waals surface area contributed by atoms with Gasteiger partial charge in [-0.1, -0.05) is 0 Å². The average Bonchev–Trinajstić information content (AvgIpc) is 2.53. The lowest BCUT2D eigenvalue weighted by Crippen LogP contribution is -2.41. The molecule has 3 rings (SSSR count). The number of ether oxygens (including phenoxy) is 1. The molecular formula is C17H15FN2O3. The van der Waals surface area contributed by atoms with E-state index in [9.17, 15) is 14.0 Å². The number of amides is 2. The van der Waals surface area contributed by atoms with Crippen LogP contribution in [0.15, 0.2) is 42.5 Å². The number of fused-ring (bicyclic) bond motifs is 1. The Hall–Kier alpha value is -2.89. The van der Waals surface area contributed by atoms with E-state index in [4.69, 9.17) is 4.74 Å². The molecule has 118 valence electrons. The van der Waals surface area contributed by atoms with Crippen LogP contribution in [0.3, 0.4) is 0 Å². The highest BCUT2D eigenvalue weighted by Crippen LogP contribution is 2.35. The molecule has 2 aromatic rings. The maximum absolute atomic E-state index is 12.9. The number of hydrogen-bond acceptors (Lipinski definition) is 3. The highest BCUT2D eigenvalue weighted by molar-refractivity contribution is 6.05. The molecule has 0 aliphatic carbocycles. The fourth-order valence-electron chi connectivity index (χ4n) is 2.40. The first-order valence-electron chi connectivity index (χ1n) is 7.11. The Morgan fingerprint density at radius 3 is 2.61 bits per heavy atom. The fraction of sp³-hybridized carbons (Fsp3) is 0.176. The number of benzene rings is 2. The van der Waals surface area contributed by atoms with Gasteiger partial charge in [-0.3, -0.25) is 9.59 Å². The number of carbonyl (C=O) groups is 2. The molecule has 23 heavy (non-hydrogen) atoms. The third-order valence-corrected chi connectivity index (χ3v) is 3.67. The third-order valence-electron chi connectivity index (χ3n) is 3.67. The summed E-state index contributed by atoms with van der Waals surface area (Å²) in [5.74, 6) is -0.347. The zero-order chi connectivity index (χ0) is 16.6. The lowest BCUT2D eigenvalue weighted by atomic mass is 10.1. The molecule has 6 heteroatoms. The van der Waals surface area contributed by atoms with Crippen molar-refractivity contribution in [3.63, 3.8) is 0 Å². The summed E-state index contributed by atoms with van der Waals surface area (Å²) in [6.07, 6.45) is -0.574. The van der Waals surface area contributed by atoms with E-state index in [0.717, 1.165) is 0 Å². The van der Waals surface area contributed by atoms with Gasteiger partial charge in [0.05, 0.1) is 5.69 Å². The molecule has 1 unspecified atom stereocenters. The van der Waals surface area contributed by atoms with Gasteiger partial charge in [-0.15, -0.1) is 0 Å². The molecule has 0 radical (unpaired) electrons. The van der Waals surface area contributed by atoms with Gasteiger partial charge >= 0.3 is 0 Å². The van der Waals surface area contributed by atoms with E-state index in [1.165, 1.54) is 29.2 Å². The molecule has 1 atom stereocenters. The van der Waals surface area contributed by atoms with Crippen molar-refractivity contribution in [3.05, 3.63) is 53.8 Å². The van der Waals surface area contributed by atoms with Crippen molar-refractivity contribution in [2.24, 2.45) is 0 Å². The molecule has 1 aliphatic rings. The minimum Gasteiger partial charge on any atom is -0.479 e.